The largest absolute Gasteiger partial charge is 0.486 e. The molecule has 4 rings (SSSR count). The van der Waals surface area contributed by atoms with Gasteiger partial charge in [0.1, 0.15) is 12.4 Å². The van der Waals surface area contributed by atoms with E-state index >= 15 is 0 Å². The number of para-hydroxylation sites is 1. The Kier molecular flexibility index (Phi) is 7.62. The van der Waals surface area contributed by atoms with Gasteiger partial charge in [-0.05, 0) is 69.3 Å². The molecular weight excluding hydrogens is 460 g/mol. The van der Waals surface area contributed by atoms with Crippen LogP contribution < -0.4 is 10.1 Å². The van der Waals surface area contributed by atoms with Gasteiger partial charge in [-0.3, -0.25) is 14.2 Å². The second-order valence-electron chi connectivity index (χ2n) is 8.05. The minimum absolute atomic E-state index is 0.0192. The van der Waals surface area contributed by atoms with E-state index in [1.54, 1.807) is 24.3 Å². The summed E-state index contributed by atoms with van der Waals surface area (Å²) >= 11 is 1.31. The van der Waals surface area contributed by atoms with Crippen LogP contribution in [0.25, 0.3) is 5.69 Å². The maximum absolute atomic E-state index is 12.9. The molecule has 1 amide bonds. The van der Waals surface area contributed by atoms with E-state index in [-0.39, 0.29) is 18.3 Å². The Morgan fingerprint density at radius 2 is 1.66 bits per heavy atom. The van der Waals surface area contributed by atoms with Gasteiger partial charge in [0.2, 0.25) is 5.91 Å². The number of amides is 1. The van der Waals surface area contributed by atoms with Gasteiger partial charge in [-0.2, -0.15) is 0 Å². The summed E-state index contributed by atoms with van der Waals surface area (Å²) in [5.74, 6) is 1.18. The second kappa shape index (κ2) is 11.0. The van der Waals surface area contributed by atoms with Crippen LogP contribution in [-0.4, -0.2) is 31.7 Å². The number of hydrogen-bond acceptors (Lipinski definition) is 6. The Bertz CT molecular complexity index is 1300. The highest BCUT2D eigenvalue weighted by molar-refractivity contribution is 8.00. The molecule has 7 nitrogen and oxygen atoms in total. The zero-order valence-corrected chi connectivity index (χ0v) is 20.6. The molecule has 0 spiro atoms. The molecule has 0 aliphatic rings. The highest BCUT2D eigenvalue weighted by Crippen LogP contribution is 2.27. The van der Waals surface area contributed by atoms with Crippen LogP contribution in [-0.2, 0) is 11.4 Å². The lowest BCUT2D eigenvalue weighted by Crippen LogP contribution is -2.23. The van der Waals surface area contributed by atoms with Crippen molar-refractivity contribution < 1.29 is 14.3 Å². The van der Waals surface area contributed by atoms with Crippen LogP contribution in [0, 0.1) is 6.92 Å². The number of nitrogens with one attached hydrogen (secondary N) is 1. The van der Waals surface area contributed by atoms with E-state index in [9.17, 15) is 9.59 Å². The normalized spacial score (nSPS) is 11.6. The summed E-state index contributed by atoms with van der Waals surface area (Å²) in [7, 11) is 0. The standard InChI is InChI=1S/C27H26N4O3S/c1-18-9-15-23(16-10-18)31-25(17-34-24-7-5-4-6-8-24)29-30-27(31)35-20(3)26(33)28-22-13-11-21(12-14-22)19(2)32/h4-16,20H,17H2,1-3H3,(H,28,33)/t20-/m0/s1. The Morgan fingerprint density at radius 1 is 0.971 bits per heavy atom. The van der Waals surface area contributed by atoms with Gasteiger partial charge in [-0.15, -0.1) is 10.2 Å². The number of aryl methyl sites for hydroxylation is 1. The Hall–Kier alpha value is -3.91. The first-order chi connectivity index (χ1) is 16.9. The number of benzene rings is 3. The SMILES string of the molecule is CC(=O)c1ccc(NC(=O)[C@H](C)Sc2nnc(COc3ccccc3)n2-c2ccc(C)cc2)cc1. The third-order valence-corrected chi connectivity index (χ3v) is 6.36. The lowest BCUT2D eigenvalue weighted by molar-refractivity contribution is -0.115. The monoisotopic (exact) mass is 486 g/mol. The second-order valence-corrected chi connectivity index (χ2v) is 9.36. The number of hydrogen-bond donors (Lipinski definition) is 1. The molecule has 0 bridgehead atoms. The van der Waals surface area contributed by atoms with E-state index in [0.717, 1.165) is 17.0 Å². The lowest BCUT2D eigenvalue weighted by Gasteiger charge is -2.14. The van der Waals surface area contributed by atoms with Crippen molar-refractivity contribution >= 4 is 29.1 Å². The predicted molar refractivity (Wildman–Crippen MR) is 137 cm³/mol. The molecule has 178 valence electrons. The molecule has 0 fully saturated rings. The number of aromatic nitrogens is 3. The number of rotatable bonds is 9. The molecule has 0 aliphatic heterocycles. The molecule has 0 unspecified atom stereocenters. The van der Waals surface area contributed by atoms with E-state index < -0.39 is 5.25 Å². The quantitative estimate of drug-likeness (QED) is 0.249. The van der Waals surface area contributed by atoms with Crippen LogP contribution in [0.4, 0.5) is 5.69 Å². The molecule has 0 aliphatic carbocycles. The first-order valence-electron chi connectivity index (χ1n) is 11.2. The number of anilines is 1. The molecule has 35 heavy (non-hydrogen) atoms. The average molecular weight is 487 g/mol. The van der Waals surface area contributed by atoms with Crippen LogP contribution in [0.3, 0.4) is 0 Å². The zero-order chi connectivity index (χ0) is 24.8. The Morgan fingerprint density at radius 3 is 2.31 bits per heavy atom. The van der Waals surface area contributed by atoms with Crippen molar-refractivity contribution in [2.75, 3.05) is 5.32 Å². The van der Waals surface area contributed by atoms with Gasteiger partial charge in [-0.25, -0.2) is 0 Å². The molecule has 0 saturated heterocycles. The van der Waals surface area contributed by atoms with Crippen molar-refractivity contribution in [1.29, 1.82) is 0 Å². The Balaban J connectivity index is 1.52. The van der Waals surface area contributed by atoms with Gasteiger partial charge in [0.25, 0.3) is 0 Å². The van der Waals surface area contributed by atoms with Crippen LogP contribution in [0.1, 0.15) is 35.6 Å². The summed E-state index contributed by atoms with van der Waals surface area (Å²) in [4.78, 5) is 24.3. The minimum atomic E-state index is -0.446. The van der Waals surface area contributed by atoms with Crippen molar-refractivity contribution in [3.63, 3.8) is 0 Å². The highest BCUT2D eigenvalue weighted by Gasteiger charge is 2.22. The molecule has 1 N–H and O–H groups in total. The summed E-state index contributed by atoms with van der Waals surface area (Å²) in [6.07, 6.45) is 0. The van der Waals surface area contributed by atoms with Crippen molar-refractivity contribution in [1.82, 2.24) is 14.8 Å². The Labute approximate surface area is 208 Å². The minimum Gasteiger partial charge on any atom is -0.486 e. The number of Topliss-reactive ketones (excluding diaryl/α,β-unsaturated/α-hetero) is 1. The van der Waals surface area contributed by atoms with Crippen molar-refractivity contribution in [3.8, 4) is 11.4 Å². The number of thioether (sulfide) groups is 1. The van der Waals surface area contributed by atoms with Crippen molar-refractivity contribution in [3.05, 3.63) is 95.8 Å². The predicted octanol–water partition coefficient (Wildman–Crippen LogP) is 5.48. The summed E-state index contributed by atoms with van der Waals surface area (Å²) in [6.45, 7) is 5.59. The molecule has 4 aromatic rings. The number of carbonyl (C=O) groups excluding carboxylic acids is 2. The molecular formula is C27H26N4O3S. The van der Waals surface area contributed by atoms with Gasteiger partial charge in [0.15, 0.2) is 16.8 Å². The average Bonchev–Trinajstić information content (AvgIpc) is 3.26. The molecule has 8 heteroatoms. The third kappa shape index (κ3) is 6.16. The van der Waals surface area contributed by atoms with Gasteiger partial charge in [0, 0.05) is 16.9 Å². The van der Waals surface area contributed by atoms with Crippen LogP contribution in [0.15, 0.2) is 84.0 Å². The fourth-order valence-electron chi connectivity index (χ4n) is 3.33. The van der Waals surface area contributed by atoms with Crippen LogP contribution in [0.5, 0.6) is 5.75 Å². The maximum atomic E-state index is 12.9. The van der Waals surface area contributed by atoms with Gasteiger partial charge < -0.3 is 10.1 Å². The smallest absolute Gasteiger partial charge is 0.237 e. The molecule has 0 saturated carbocycles. The highest BCUT2D eigenvalue weighted by atomic mass is 32.2. The lowest BCUT2D eigenvalue weighted by atomic mass is 10.1. The topological polar surface area (TPSA) is 86.1 Å². The number of ether oxygens (including phenoxy) is 1. The zero-order valence-electron chi connectivity index (χ0n) is 19.8. The van der Waals surface area contributed by atoms with Gasteiger partial charge in [0.05, 0.1) is 5.25 Å². The fourth-order valence-corrected chi connectivity index (χ4v) is 4.22. The summed E-state index contributed by atoms with van der Waals surface area (Å²) in [5, 5.41) is 11.8. The van der Waals surface area contributed by atoms with Crippen molar-refractivity contribution in [2.24, 2.45) is 0 Å². The first kappa shape index (κ1) is 24.2. The molecule has 3 aromatic carbocycles. The molecule has 1 heterocycles. The van der Waals surface area contributed by atoms with Gasteiger partial charge >= 0.3 is 0 Å². The van der Waals surface area contributed by atoms with E-state index in [0.29, 0.717) is 22.2 Å². The number of carbonyl (C=O) groups is 2. The van der Waals surface area contributed by atoms with E-state index in [4.69, 9.17) is 4.74 Å². The number of ketones is 1. The number of nitrogens with zero attached hydrogens (tertiary/aromatic N) is 3. The molecule has 1 aromatic heterocycles. The third-order valence-electron chi connectivity index (χ3n) is 5.31. The molecule has 1 atom stereocenters. The first-order valence-corrected chi connectivity index (χ1v) is 12.1. The molecule has 0 radical (unpaired) electrons. The van der Waals surface area contributed by atoms with E-state index in [1.807, 2.05) is 73.0 Å². The van der Waals surface area contributed by atoms with Crippen LogP contribution in [0.2, 0.25) is 0 Å². The summed E-state index contributed by atoms with van der Waals surface area (Å²) < 4.78 is 7.83. The fraction of sp³-hybridized carbons (Fsp3) is 0.185. The van der Waals surface area contributed by atoms with E-state index in [1.165, 1.54) is 18.7 Å². The van der Waals surface area contributed by atoms with Crippen molar-refractivity contribution in [2.45, 2.75) is 37.8 Å². The maximum Gasteiger partial charge on any atom is 0.237 e. The summed E-state index contributed by atoms with van der Waals surface area (Å²) in [5.41, 5.74) is 3.26. The van der Waals surface area contributed by atoms with E-state index in [2.05, 4.69) is 15.5 Å². The van der Waals surface area contributed by atoms with Gasteiger partial charge in [-0.1, -0.05) is 47.7 Å². The summed E-state index contributed by atoms with van der Waals surface area (Å²) in [6, 6.07) is 24.4. The van der Waals surface area contributed by atoms with Crippen LogP contribution >= 0.6 is 11.8 Å².